The first-order valence-corrected chi connectivity index (χ1v) is 12.8. The Morgan fingerprint density at radius 1 is 1.03 bits per heavy atom. The van der Waals surface area contributed by atoms with E-state index in [0.29, 0.717) is 5.92 Å². The van der Waals surface area contributed by atoms with Crippen molar-refractivity contribution in [3.8, 4) is 0 Å². The first kappa shape index (κ1) is 25.7. The van der Waals surface area contributed by atoms with Gasteiger partial charge in [0.2, 0.25) is 0 Å². The zero-order chi connectivity index (χ0) is 22.7. The fraction of sp³-hybridized carbons (Fsp3) is 0.741. The Morgan fingerprint density at radius 3 is 2.42 bits per heavy atom. The molecule has 0 aliphatic carbocycles. The van der Waals surface area contributed by atoms with E-state index in [2.05, 4.69) is 67.5 Å². The summed E-state index contributed by atoms with van der Waals surface area (Å²) in [6, 6.07) is 9.30. The molecule has 31 heavy (non-hydrogen) atoms. The van der Waals surface area contributed by atoms with Crippen LogP contribution < -0.4 is 10.6 Å². The molecule has 0 aromatic heterocycles. The summed E-state index contributed by atoms with van der Waals surface area (Å²) in [6.45, 7) is 12.4. The average molecular weight is 430 g/mol. The van der Waals surface area contributed by atoms with Crippen molar-refractivity contribution < 1.29 is 4.79 Å². The summed E-state index contributed by atoms with van der Waals surface area (Å²) in [5.74, 6) is 0.644. The second-order valence-corrected chi connectivity index (χ2v) is 9.51. The van der Waals surface area contributed by atoms with Gasteiger partial charge < -0.3 is 10.6 Å². The van der Waals surface area contributed by atoms with Crippen LogP contribution in [0.15, 0.2) is 24.3 Å². The van der Waals surface area contributed by atoms with Gasteiger partial charge >= 0.3 is 6.03 Å². The Kier molecular flexibility index (Phi) is 10.9. The second kappa shape index (κ2) is 13.1. The summed E-state index contributed by atoms with van der Waals surface area (Å²) in [5, 5.41) is 6.08. The molecule has 4 heteroatoms. The van der Waals surface area contributed by atoms with Crippen molar-refractivity contribution in [1.29, 1.82) is 0 Å². The summed E-state index contributed by atoms with van der Waals surface area (Å²) >= 11 is 0. The SMILES string of the molecule is CCCCCC(CCC)C1(CC(CCC)NC(=O)NC)CN(CC)Cc2ccccc21. The maximum Gasteiger partial charge on any atom is 0.314 e. The molecule has 4 nitrogen and oxygen atoms in total. The molecule has 0 bridgehead atoms. The minimum absolute atomic E-state index is 0.0527. The smallest absolute Gasteiger partial charge is 0.314 e. The van der Waals surface area contributed by atoms with Crippen molar-refractivity contribution in [2.75, 3.05) is 20.1 Å². The Labute approximate surface area is 191 Å². The van der Waals surface area contributed by atoms with Gasteiger partial charge in [-0.25, -0.2) is 4.79 Å². The van der Waals surface area contributed by atoms with Gasteiger partial charge in [-0.1, -0.05) is 84.1 Å². The Bertz CT molecular complexity index is 662. The number of unbranched alkanes of at least 4 members (excludes halogenated alkanes) is 2. The monoisotopic (exact) mass is 429 g/mol. The number of carbonyl (C=O) groups is 1. The number of carbonyl (C=O) groups excluding carboxylic acids is 1. The molecule has 3 atom stereocenters. The second-order valence-electron chi connectivity index (χ2n) is 9.51. The van der Waals surface area contributed by atoms with Gasteiger partial charge in [0.15, 0.2) is 0 Å². The van der Waals surface area contributed by atoms with E-state index in [0.717, 1.165) is 38.9 Å². The molecule has 2 rings (SSSR count). The van der Waals surface area contributed by atoms with E-state index < -0.39 is 0 Å². The maximum atomic E-state index is 12.3. The molecule has 1 aromatic carbocycles. The summed E-state index contributed by atoms with van der Waals surface area (Å²) in [7, 11) is 1.72. The third-order valence-electron chi connectivity index (χ3n) is 7.29. The zero-order valence-corrected chi connectivity index (χ0v) is 20.8. The van der Waals surface area contributed by atoms with Crippen LogP contribution in [0.3, 0.4) is 0 Å². The molecule has 3 unspecified atom stereocenters. The Hall–Kier alpha value is -1.55. The first-order valence-electron chi connectivity index (χ1n) is 12.8. The van der Waals surface area contributed by atoms with Crippen molar-refractivity contribution in [3.05, 3.63) is 35.4 Å². The Balaban J connectivity index is 2.52. The fourth-order valence-electron chi connectivity index (χ4n) is 5.80. The lowest BCUT2D eigenvalue weighted by Gasteiger charge is -2.50. The van der Waals surface area contributed by atoms with Crippen LogP contribution in [0.4, 0.5) is 4.79 Å². The van der Waals surface area contributed by atoms with Crippen LogP contribution in [0.1, 0.15) is 96.6 Å². The van der Waals surface area contributed by atoms with Gasteiger partial charge in [-0.05, 0) is 49.3 Å². The number of nitrogens with zero attached hydrogens (tertiary/aromatic N) is 1. The molecule has 2 N–H and O–H groups in total. The molecule has 0 saturated carbocycles. The zero-order valence-electron chi connectivity index (χ0n) is 20.8. The summed E-state index contributed by atoms with van der Waals surface area (Å²) < 4.78 is 0. The van der Waals surface area contributed by atoms with E-state index in [1.54, 1.807) is 12.6 Å². The van der Waals surface area contributed by atoms with Gasteiger partial charge in [0, 0.05) is 31.6 Å². The summed E-state index contributed by atoms with van der Waals surface area (Å²) in [4.78, 5) is 14.9. The van der Waals surface area contributed by atoms with Crippen LogP contribution >= 0.6 is 0 Å². The molecule has 1 aliphatic rings. The third-order valence-corrected chi connectivity index (χ3v) is 7.29. The quantitative estimate of drug-likeness (QED) is 0.364. The van der Waals surface area contributed by atoms with E-state index >= 15 is 0 Å². The van der Waals surface area contributed by atoms with Crippen molar-refractivity contribution in [1.82, 2.24) is 15.5 Å². The van der Waals surface area contributed by atoms with Crippen LogP contribution in [0.2, 0.25) is 0 Å². The van der Waals surface area contributed by atoms with E-state index in [1.165, 1.54) is 44.1 Å². The molecule has 1 aliphatic heterocycles. The predicted molar refractivity (Wildman–Crippen MR) is 133 cm³/mol. The van der Waals surface area contributed by atoms with E-state index in [9.17, 15) is 4.79 Å². The molecule has 0 spiro atoms. The van der Waals surface area contributed by atoms with Crippen LogP contribution in [0.5, 0.6) is 0 Å². The average Bonchev–Trinajstić information content (AvgIpc) is 2.78. The highest BCUT2D eigenvalue weighted by molar-refractivity contribution is 5.73. The van der Waals surface area contributed by atoms with Gasteiger partial charge in [0.25, 0.3) is 0 Å². The summed E-state index contributed by atoms with van der Waals surface area (Å²) in [5.41, 5.74) is 3.13. The normalized spacial score (nSPS) is 20.7. The number of hydrogen-bond acceptors (Lipinski definition) is 2. The Morgan fingerprint density at radius 2 is 1.77 bits per heavy atom. The molecule has 1 heterocycles. The van der Waals surface area contributed by atoms with Crippen molar-refractivity contribution >= 4 is 6.03 Å². The molecule has 1 aromatic rings. The lowest BCUT2D eigenvalue weighted by atomic mass is 9.60. The number of nitrogens with one attached hydrogen (secondary N) is 2. The van der Waals surface area contributed by atoms with E-state index in [-0.39, 0.29) is 17.5 Å². The lowest BCUT2D eigenvalue weighted by Crippen LogP contribution is -2.54. The highest BCUT2D eigenvalue weighted by atomic mass is 16.2. The highest BCUT2D eigenvalue weighted by Gasteiger charge is 2.45. The van der Waals surface area contributed by atoms with Gasteiger partial charge in [0.1, 0.15) is 0 Å². The molecule has 2 amide bonds. The maximum absolute atomic E-state index is 12.3. The van der Waals surface area contributed by atoms with Gasteiger partial charge in [-0.3, -0.25) is 4.90 Å². The van der Waals surface area contributed by atoms with Gasteiger partial charge in [-0.15, -0.1) is 0 Å². The van der Waals surface area contributed by atoms with E-state index in [1.807, 2.05) is 0 Å². The van der Waals surface area contributed by atoms with Crippen LogP contribution in [-0.4, -0.2) is 37.1 Å². The third kappa shape index (κ3) is 6.71. The fourth-order valence-corrected chi connectivity index (χ4v) is 5.80. The summed E-state index contributed by atoms with van der Waals surface area (Å²) in [6.07, 6.45) is 10.8. The molecule has 0 fully saturated rings. The van der Waals surface area contributed by atoms with Gasteiger partial charge in [0.05, 0.1) is 0 Å². The molecule has 176 valence electrons. The number of benzene rings is 1. The number of likely N-dealkylation sites (N-methyl/N-ethyl adjacent to an activating group) is 1. The standard InChI is InChI=1S/C27H47N3O/c1-6-10-11-17-23(14-7-2)27(19-24(15-8-3)29-26(31)28-5)21-30(9-4)20-22-16-12-13-18-25(22)27/h12-13,16,18,23-24H,6-11,14-15,17,19-21H2,1-5H3,(H2,28,29,31). The molecular formula is C27H47N3O. The molecular weight excluding hydrogens is 382 g/mol. The van der Waals surface area contributed by atoms with Crippen molar-refractivity contribution in [2.45, 2.75) is 103 Å². The van der Waals surface area contributed by atoms with Crippen molar-refractivity contribution in [3.63, 3.8) is 0 Å². The minimum atomic E-state index is -0.0527. The molecule has 0 saturated heterocycles. The number of hydrogen-bond donors (Lipinski definition) is 2. The lowest BCUT2D eigenvalue weighted by molar-refractivity contribution is 0.0991. The highest BCUT2D eigenvalue weighted by Crippen LogP contribution is 2.47. The number of amides is 2. The topological polar surface area (TPSA) is 44.4 Å². The van der Waals surface area contributed by atoms with Gasteiger partial charge in [-0.2, -0.15) is 0 Å². The van der Waals surface area contributed by atoms with Crippen molar-refractivity contribution in [2.24, 2.45) is 5.92 Å². The number of rotatable bonds is 13. The van der Waals surface area contributed by atoms with Crippen LogP contribution in [0, 0.1) is 5.92 Å². The van der Waals surface area contributed by atoms with E-state index in [4.69, 9.17) is 0 Å². The largest absolute Gasteiger partial charge is 0.341 e. The number of fused-ring (bicyclic) bond motifs is 1. The number of urea groups is 1. The predicted octanol–water partition coefficient (Wildman–Crippen LogP) is 6.24. The first-order chi connectivity index (χ1) is 15.0. The minimum Gasteiger partial charge on any atom is -0.341 e. The van der Waals surface area contributed by atoms with Crippen LogP contribution in [0.25, 0.3) is 0 Å². The van der Waals surface area contributed by atoms with Crippen LogP contribution in [-0.2, 0) is 12.0 Å². The molecule has 0 radical (unpaired) electrons.